The van der Waals surface area contributed by atoms with Gasteiger partial charge in [0.2, 0.25) is 5.03 Å². The highest BCUT2D eigenvalue weighted by Gasteiger charge is 2.18. The third-order valence-corrected chi connectivity index (χ3v) is 2.57. The summed E-state index contributed by atoms with van der Waals surface area (Å²) in [5.41, 5.74) is 0.431. The van der Waals surface area contributed by atoms with Crippen LogP contribution in [0.15, 0.2) is 5.03 Å². The van der Waals surface area contributed by atoms with Gasteiger partial charge >= 0.3 is 0 Å². The fourth-order valence-corrected chi connectivity index (χ4v) is 1.66. The van der Waals surface area contributed by atoms with Crippen LogP contribution in [0.4, 0.5) is 0 Å². The molecule has 7 heteroatoms. The Labute approximate surface area is 68.4 Å². The third kappa shape index (κ3) is 1.51. The minimum Gasteiger partial charge on any atom is -0.251 e. The molecule has 0 radical (unpaired) electrons. The molecule has 1 aromatic rings. The number of nitrogens with zero attached hydrogens (tertiary/aromatic N) is 3. The predicted molar refractivity (Wildman–Crippen MR) is 38.8 cm³/mol. The Hall–Kier alpha value is -0.620. The van der Waals surface area contributed by atoms with Crippen molar-refractivity contribution >= 4 is 19.7 Å². The molecule has 0 amide bonds. The van der Waals surface area contributed by atoms with Crippen LogP contribution in [-0.4, -0.2) is 23.4 Å². The number of rotatable bonds is 1. The zero-order chi connectivity index (χ0) is 8.65. The average molecular weight is 196 g/mol. The van der Waals surface area contributed by atoms with Gasteiger partial charge in [0.05, 0.1) is 5.69 Å². The normalized spacial score (nSPS) is 11.9. The fraction of sp³-hybridized carbons (Fsp3) is 0.500. The van der Waals surface area contributed by atoms with E-state index in [0.717, 1.165) is 0 Å². The molecule has 0 bridgehead atoms. The van der Waals surface area contributed by atoms with Crippen LogP contribution >= 0.6 is 10.7 Å². The number of aryl methyl sites for hydroxylation is 1. The number of aromatic nitrogens is 3. The second-order valence-corrected chi connectivity index (χ2v) is 4.52. The lowest BCUT2D eigenvalue weighted by Crippen LogP contribution is -1.96. The highest BCUT2D eigenvalue weighted by Crippen LogP contribution is 2.14. The molecule has 0 aromatic carbocycles. The quantitative estimate of drug-likeness (QED) is 0.594. The summed E-state index contributed by atoms with van der Waals surface area (Å²) in [6.45, 7) is 1.58. The minimum atomic E-state index is -3.73. The van der Waals surface area contributed by atoms with E-state index in [2.05, 4.69) is 10.3 Å². The van der Waals surface area contributed by atoms with Crippen molar-refractivity contribution < 1.29 is 8.42 Å². The summed E-state index contributed by atoms with van der Waals surface area (Å²) in [6, 6.07) is 0. The van der Waals surface area contributed by atoms with Crippen molar-refractivity contribution in [3.63, 3.8) is 0 Å². The zero-order valence-electron chi connectivity index (χ0n) is 5.94. The Morgan fingerprint density at radius 2 is 2.09 bits per heavy atom. The molecule has 1 heterocycles. The summed E-state index contributed by atoms with van der Waals surface area (Å²) in [7, 11) is 2.89. The van der Waals surface area contributed by atoms with Crippen molar-refractivity contribution in [1.82, 2.24) is 15.0 Å². The van der Waals surface area contributed by atoms with Crippen LogP contribution in [0.1, 0.15) is 5.69 Å². The van der Waals surface area contributed by atoms with E-state index in [1.165, 1.54) is 4.68 Å². The molecule has 1 aromatic heterocycles. The molecule has 11 heavy (non-hydrogen) atoms. The maximum absolute atomic E-state index is 10.7. The van der Waals surface area contributed by atoms with Crippen molar-refractivity contribution in [1.29, 1.82) is 0 Å². The summed E-state index contributed by atoms with van der Waals surface area (Å²) in [6.07, 6.45) is 0. The smallest absolute Gasteiger partial charge is 0.251 e. The van der Waals surface area contributed by atoms with Gasteiger partial charge in [0, 0.05) is 17.7 Å². The molecule has 0 atom stereocenters. The number of hydrogen-bond donors (Lipinski definition) is 0. The van der Waals surface area contributed by atoms with Crippen molar-refractivity contribution in [3.8, 4) is 0 Å². The van der Waals surface area contributed by atoms with Crippen LogP contribution in [0.25, 0.3) is 0 Å². The van der Waals surface area contributed by atoms with Crippen LogP contribution in [0.5, 0.6) is 0 Å². The van der Waals surface area contributed by atoms with Gasteiger partial charge in [-0.3, -0.25) is 4.68 Å². The van der Waals surface area contributed by atoms with Crippen LogP contribution in [0.3, 0.4) is 0 Å². The summed E-state index contributed by atoms with van der Waals surface area (Å²) >= 11 is 0. The van der Waals surface area contributed by atoms with Gasteiger partial charge in [-0.1, -0.05) is 5.21 Å². The zero-order valence-corrected chi connectivity index (χ0v) is 7.52. The maximum Gasteiger partial charge on any atom is 0.282 e. The van der Waals surface area contributed by atoms with E-state index in [4.69, 9.17) is 10.7 Å². The van der Waals surface area contributed by atoms with Crippen LogP contribution < -0.4 is 0 Å². The second kappa shape index (κ2) is 2.46. The Kier molecular flexibility index (Phi) is 1.89. The van der Waals surface area contributed by atoms with Crippen LogP contribution in [0.2, 0.25) is 0 Å². The van der Waals surface area contributed by atoms with Crippen molar-refractivity contribution in [2.75, 3.05) is 0 Å². The number of halogens is 1. The standard InChI is InChI=1S/C4H6ClN3O2S/c1-3-4(11(5,9)10)6-7-8(3)2/h1-2H3. The molecule has 62 valence electrons. The summed E-state index contributed by atoms with van der Waals surface area (Å²) in [5.74, 6) is 0. The van der Waals surface area contributed by atoms with E-state index in [0.29, 0.717) is 5.69 Å². The Morgan fingerprint density at radius 1 is 1.55 bits per heavy atom. The van der Waals surface area contributed by atoms with Gasteiger partial charge in [-0.25, -0.2) is 8.42 Å². The molecule has 0 saturated heterocycles. The van der Waals surface area contributed by atoms with E-state index in [1.54, 1.807) is 14.0 Å². The molecular weight excluding hydrogens is 190 g/mol. The van der Waals surface area contributed by atoms with Crippen LogP contribution in [-0.2, 0) is 16.1 Å². The molecule has 0 fully saturated rings. The predicted octanol–water partition coefficient (Wildman–Crippen LogP) is 0.0510. The number of hydrogen-bond acceptors (Lipinski definition) is 4. The molecular formula is C4H6ClN3O2S. The van der Waals surface area contributed by atoms with Gasteiger partial charge in [0.1, 0.15) is 0 Å². The third-order valence-electron chi connectivity index (χ3n) is 1.30. The van der Waals surface area contributed by atoms with Gasteiger partial charge in [-0.15, -0.1) is 5.10 Å². The topological polar surface area (TPSA) is 64.8 Å². The van der Waals surface area contributed by atoms with Gasteiger partial charge in [-0.05, 0) is 6.92 Å². The van der Waals surface area contributed by atoms with E-state index in [1.807, 2.05) is 0 Å². The SMILES string of the molecule is Cc1c(S(=O)(=O)Cl)nnn1C. The molecule has 0 unspecified atom stereocenters. The molecule has 0 aliphatic heterocycles. The first-order valence-corrected chi connectivity index (χ1v) is 5.05. The highest BCUT2D eigenvalue weighted by molar-refractivity contribution is 8.13. The molecule has 0 aliphatic carbocycles. The Bertz CT molecular complexity index is 369. The Morgan fingerprint density at radius 3 is 2.27 bits per heavy atom. The van der Waals surface area contributed by atoms with Gasteiger partial charge < -0.3 is 0 Å². The maximum atomic E-state index is 10.7. The first kappa shape index (κ1) is 8.48. The van der Waals surface area contributed by atoms with E-state index >= 15 is 0 Å². The van der Waals surface area contributed by atoms with Gasteiger partial charge in [0.25, 0.3) is 9.05 Å². The van der Waals surface area contributed by atoms with E-state index < -0.39 is 9.05 Å². The van der Waals surface area contributed by atoms with Crippen molar-refractivity contribution in [2.45, 2.75) is 11.9 Å². The largest absolute Gasteiger partial charge is 0.282 e. The molecule has 0 spiro atoms. The van der Waals surface area contributed by atoms with E-state index in [9.17, 15) is 8.42 Å². The fourth-order valence-electron chi connectivity index (χ4n) is 0.611. The summed E-state index contributed by atoms with van der Waals surface area (Å²) < 4.78 is 22.8. The Balaban J connectivity index is 3.38. The molecule has 1 rings (SSSR count). The average Bonchev–Trinajstić information content (AvgIpc) is 2.11. The lowest BCUT2D eigenvalue weighted by Gasteiger charge is -1.91. The van der Waals surface area contributed by atoms with Crippen molar-refractivity contribution in [2.24, 2.45) is 7.05 Å². The molecule has 0 saturated carbocycles. The first-order chi connectivity index (χ1) is 4.93. The lowest BCUT2D eigenvalue weighted by molar-refractivity contribution is 0.605. The highest BCUT2D eigenvalue weighted by atomic mass is 35.7. The molecule has 0 N–H and O–H groups in total. The monoisotopic (exact) mass is 195 g/mol. The van der Waals surface area contributed by atoms with Crippen LogP contribution in [0, 0.1) is 6.92 Å². The lowest BCUT2D eigenvalue weighted by atomic mass is 10.5. The molecule has 5 nitrogen and oxygen atoms in total. The van der Waals surface area contributed by atoms with Crippen molar-refractivity contribution in [3.05, 3.63) is 5.69 Å². The van der Waals surface area contributed by atoms with E-state index in [-0.39, 0.29) is 5.03 Å². The summed E-state index contributed by atoms with van der Waals surface area (Å²) in [5, 5.41) is 6.69. The van der Waals surface area contributed by atoms with Gasteiger partial charge in [0.15, 0.2) is 0 Å². The summed E-state index contributed by atoms with van der Waals surface area (Å²) in [4.78, 5) is 0. The molecule has 0 aliphatic rings. The first-order valence-electron chi connectivity index (χ1n) is 2.74. The second-order valence-electron chi connectivity index (χ2n) is 2.04. The van der Waals surface area contributed by atoms with Gasteiger partial charge in [-0.2, -0.15) is 0 Å². The minimum absolute atomic E-state index is 0.179.